The molecule has 0 saturated heterocycles. The number of carboxylic acids is 2. The molecule has 314 valence electrons. The monoisotopic (exact) mass is 808 g/mol. The van der Waals surface area contributed by atoms with Gasteiger partial charge in [-0.05, 0) is 103 Å². The Morgan fingerprint density at radius 3 is 1.86 bits per heavy atom. The lowest BCUT2D eigenvalue weighted by Gasteiger charge is -2.47. The molecular weight excluding hydrogens is 753 g/mol. The third-order valence-corrected chi connectivity index (χ3v) is 13.0. The van der Waals surface area contributed by atoms with Crippen LogP contribution >= 0.6 is 0 Å². The number of likely N-dealkylation sites (N-methyl/N-ethyl adjacent to an activating group) is 2. The van der Waals surface area contributed by atoms with E-state index < -0.39 is 11.9 Å². The lowest BCUT2D eigenvalue weighted by Crippen LogP contribution is -2.52. The number of quaternary nitrogens is 2. The molecule has 0 amide bonds. The average molecular weight is 809 g/mol. The summed E-state index contributed by atoms with van der Waals surface area (Å²) >= 11 is 0. The molecule has 0 spiro atoms. The Hall–Kier alpha value is -5.46. The van der Waals surface area contributed by atoms with E-state index in [1.807, 2.05) is 36.4 Å². The van der Waals surface area contributed by atoms with Gasteiger partial charge < -0.3 is 57.6 Å². The van der Waals surface area contributed by atoms with Gasteiger partial charge in [-0.3, -0.25) is 0 Å². The number of unbranched alkanes of at least 4 members (excludes halogenated alkanes) is 2. The first-order valence-corrected chi connectivity index (χ1v) is 20.7. The van der Waals surface area contributed by atoms with Crippen molar-refractivity contribution in [3.8, 4) is 46.0 Å². The summed E-state index contributed by atoms with van der Waals surface area (Å²) in [6.45, 7) is 3.10. The second-order valence-electron chi connectivity index (χ2n) is 16.8. The van der Waals surface area contributed by atoms with Gasteiger partial charge in [0.05, 0.1) is 67.2 Å². The predicted molar refractivity (Wildman–Crippen MR) is 217 cm³/mol. The molecular formula is C47H56N2O10. The van der Waals surface area contributed by atoms with Crippen molar-refractivity contribution in [3.63, 3.8) is 0 Å². The van der Waals surface area contributed by atoms with Gasteiger partial charge in [0.1, 0.15) is 17.8 Å². The van der Waals surface area contributed by atoms with Crippen LogP contribution in [-0.4, -0.2) is 87.6 Å². The van der Waals surface area contributed by atoms with E-state index in [0.29, 0.717) is 94.3 Å². The zero-order valence-corrected chi connectivity index (χ0v) is 34.8. The SMILES string of the molecule is COc1ccc2cc1Oc1ccc(cc1)CC1c3cc(c(OC)cc3CC[N+]1(C)CCCCC(=O)[O-])Oc1c(O)c(OC)cc3c1C(C2)[N+](C)(CCCCC(=O)[O-])CC3. The summed E-state index contributed by atoms with van der Waals surface area (Å²) in [5.74, 6) is 1.26. The average Bonchev–Trinajstić information content (AvgIpc) is 3.21. The van der Waals surface area contributed by atoms with Crippen molar-refractivity contribution in [3.05, 3.63) is 94.0 Å². The Labute approximate surface area is 346 Å². The molecule has 0 fully saturated rings. The summed E-state index contributed by atoms with van der Waals surface area (Å²) in [5, 5.41) is 34.8. The van der Waals surface area contributed by atoms with Crippen molar-refractivity contribution in [2.24, 2.45) is 0 Å². The van der Waals surface area contributed by atoms with Crippen molar-refractivity contribution in [1.82, 2.24) is 0 Å². The molecule has 4 aromatic carbocycles. The Balaban J connectivity index is 1.43. The largest absolute Gasteiger partial charge is 0.550 e. The van der Waals surface area contributed by atoms with Gasteiger partial charge in [-0.2, -0.15) is 0 Å². The van der Waals surface area contributed by atoms with Crippen molar-refractivity contribution in [2.75, 3.05) is 61.6 Å². The molecule has 4 aromatic rings. The molecule has 4 aliphatic rings. The molecule has 0 aromatic heterocycles. The van der Waals surface area contributed by atoms with Crippen LogP contribution in [0.1, 0.15) is 84.0 Å². The summed E-state index contributed by atoms with van der Waals surface area (Å²) in [6.07, 6.45) is 5.18. The van der Waals surface area contributed by atoms with Crippen molar-refractivity contribution < 1.29 is 57.6 Å². The number of phenolic OH excluding ortho intramolecular Hbond substituents is 1. The number of carbonyl (C=O) groups is 2. The smallest absolute Gasteiger partial charge is 0.201 e. The molecule has 0 radical (unpaired) electrons. The number of methoxy groups -OCH3 is 3. The Morgan fingerprint density at radius 2 is 1.24 bits per heavy atom. The van der Waals surface area contributed by atoms with Crippen LogP contribution in [0.3, 0.4) is 0 Å². The number of aliphatic carboxylic acids is 2. The molecule has 4 atom stereocenters. The van der Waals surface area contributed by atoms with Gasteiger partial charge in [-0.15, -0.1) is 0 Å². The molecule has 4 aliphatic heterocycles. The number of benzene rings is 4. The standard InChI is InChI=1S/C47H56N2O10/c1-48(20-8-6-10-43(50)51)22-18-32-27-39(56-4)41-29-35(32)36(48)24-30-12-15-34(16-13-30)58-40-26-31(14-17-38(40)55-3)25-37-45-33(28-42(57-5)46(54)47(45)59-41)19-23-49(37,2)21-9-7-11-44(52)53/h12-17,26-29,36-37H,6-11,18-25H2,1-5H3,(H-2,50,51,52,53,54). The highest BCUT2D eigenvalue weighted by Gasteiger charge is 2.44. The van der Waals surface area contributed by atoms with Crippen LogP contribution in [0.5, 0.6) is 46.0 Å². The van der Waals surface area contributed by atoms with Crippen LogP contribution < -0.4 is 33.9 Å². The molecule has 12 nitrogen and oxygen atoms in total. The van der Waals surface area contributed by atoms with Crippen LogP contribution in [0.25, 0.3) is 0 Å². The molecule has 4 unspecified atom stereocenters. The van der Waals surface area contributed by atoms with Crippen molar-refractivity contribution in [2.45, 2.75) is 76.3 Å². The normalized spacial score (nSPS) is 21.8. The summed E-state index contributed by atoms with van der Waals surface area (Å²) in [6, 6.07) is 19.9. The number of aromatic hydroxyl groups is 1. The number of hydrogen-bond acceptors (Lipinski definition) is 10. The number of phenols is 1. The fourth-order valence-electron chi connectivity index (χ4n) is 9.59. The Bertz CT molecular complexity index is 2190. The molecule has 59 heavy (non-hydrogen) atoms. The number of ether oxygens (including phenoxy) is 5. The van der Waals surface area contributed by atoms with E-state index in [4.69, 9.17) is 23.7 Å². The maximum atomic E-state index is 12.1. The number of rotatable bonds is 13. The quantitative estimate of drug-likeness (QED) is 0.131. The Kier molecular flexibility index (Phi) is 12.3. The fraction of sp³-hybridized carbons (Fsp3) is 0.447. The minimum Gasteiger partial charge on any atom is -0.550 e. The van der Waals surface area contributed by atoms with Gasteiger partial charge in [0.25, 0.3) is 0 Å². The van der Waals surface area contributed by atoms with Gasteiger partial charge in [0, 0.05) is 43.2 Å². The molecule has 1 N–H and O–H groups in total. The summed E-state index contributed by atoms with van der Waals surface area (Å²) in [5.41, 5.74) is 6.23. The first-order chi connectivity index (χ1) is 28.3. The minimum absolute atomic E-state index is 0.00947. The lowest BCUT2D eigenvalue weighted by molar-refractivity contribution is -0.941. The predicted octanol–water partition coefficient (Wildman–Crippen LogP) is 5.73. The van der Waals surface area contributed by atoms with Gasteiger partial charge in [-0.1, -0.05) is 18.2 Å². The number of nitrogens with zero attached hydrogens (tertiary/aromatic N) is 2. The fourth-order valence-corrected chi connectivity index (χ4v) is 9.59. The first-order valence-electron chi connectivity index (χ1n) is 20.7. The second kappa shape index (κ2) is 17.4. The summed E-state index contributed by atoms with van der Waals surface area (Å²) < 4.78 is 32.4. The highest BCUT2D eigenvalue weighted by Crippen LogP contribution is 2.53. The number of carbonyl (C=O) groups excluding carboxylic acids is 2. The summed E-state index contributed by atoms with van der Waals surface area (Å²) in [4.78, 5) is 22.7. The van der Waals surface area contributed by atoms with Gasteiger partial charge in [-0.25, -0.2) is 0 Å². The van der Waals surface area contributed by atoms with E-state index in [-0.39, 0.29) is 30.7 Å². The van der Waals surface area contributed by atoms with E-state index in [9.17, 15) is 24.9 Å². The maximum Gasteiger partial charge on any atom is 0.201 e. The van der Waals surface area contributed by atoms with E-state index in [2.05, 4.69) is 38.4 Å². The topological polar surface area (TPSA) is 147 Å². The first kappa shape index (κ1) is 41.7. The Morgan fingerprint density at radius 1 is 0.678 bits per heavy atom. The zero-order chi connectivity index (χ0) is 41.9. The number of carboxylic acid groups (broad SMARTS) is 2. The molecule has 12 heteroatoms. The van der Waals surface area contributed by atoms with Gasteiger partial charge in [0.15, 0.2) is 34.5 Å². The van der Waals surface area contributed by atoms with Gasteiger partial charge >= 0.3 is 0 Å². The van der Waals surface area contributed by atoms with Crippen LogP contribution in [0.4, 0.5) is 0 Å². The lowest BCUT2D eigenvalue weighted by atomic mass is 9.84. The van der Waals surface area contributed by atoms with Crippen molar-refractivity contribution >= 4 is 11.9 Å². The molecule has 0 saturated carbocycles. The van der Waals surface area contributed by atoms with Gasteiger partial charge in [0.2, 0.25) is 5.75 Å². The molecule has 4 heterocycles. The zero-order valence-electron chi connectivity index (χ0n) is 34.8. The third kappa shape index (κ3) is 8.79. The maximum absolute atomic E-state index is 12.1. The third-order valence-electron chi connectivity index (χ3n) is 13.0. The number of hydrogen-bond donors (Lipinski definition) is 1. The molecule has 6 bridgehead atoms. The van der Waals surface area contributed by atoms with Crippen LogP contribution in [-0.2, 0) is 35.3 Å². The van der Waals surface area contributed by atoms with E-state index >= 15 is 0 Å². The number of fused-ring (bicyclic) bond motifs is 2. The van der Waals surface area contributed by atoms with E-state index in [1.165, 1.54) is 7.11 Å². The van der Waals surface area contributed by atoms with E-state index in [1.54, 1.807) is 14.2 Å². The molecule has 8 rings (SSSR count). The second-order valence-corrected chi connectivity index (χ2v) is 16.8. The van der Waals surface area contributed by atoms with Crippen LogP contribution in [0.15, 0.2) is 60.7 Å². The van der Waals surface area contributed by atoms with Crippen LogP contribution in [0, 0.1) is 0 Å². The highest BCUT2D eigenvalue weighted by molar-refractivity contribution is 5.65. The van der Waals surface area contributed by atoms with E-state index in [0.717, 1.165) is 65.9 Å². The molecule has 0 aliphatic carbocycles. The van der Waals surface area contributed by atoms with Crippen LogP contribution in [0.2, 0.25) is 0 Å². The van der Waals surface area contributed by atoms with Crippen molar-refractivity contribution in [1.29, 1.82) is 0 Å². The highest BCUT2D eigenvalue weighted by atomic mass is 16.5. The summed E-state index contributed by atoms with van der Waals surface area (Å²) in [7, 11) is 9.23. The minimum atomic E-state index is -1.06.